The van der Waals surface area contributed by atoms with Crippen LogP contribution in [0.5, 0.6) is 0 Å². The lowest BCUT2D eigenvalue weighted by Gasteiger charge is -2.20. The first-order valence-corrected chi connectivity index (χ1v) is 7.13. The number of hydrogen-bond acceptors (Lipinski definition) is 3. The average molecular weight is 232 g/mol. The molecular weight excluding hydrogens is 216 g/mol. The van der Waals surface area contributed by atoms with Gasteiger partial charge in [-0.1, -0.05) is 13.3 Å². The highest BCUT2D eigenvalue weighted by Crippen LogP contribution is 2.24. The van der Waals surface area contributed by atoms with Gasteiger partial charge in [-0.3, -0.25) is 0 Å². The largest absolute Gasteiger partial charge is 0.332 e. The average Bonchev–Trinajstić information content (AvgIpc) is 2.54. The van der Waals surface area contributed by atoms with Gasteiger partial charge in [0.25, 0.3) is 0 Å². The molecule has 2 heterocycles. The number of nitrogens with zero attached hydrogens (tertiary/aromatic N) is 1. The monoisotopic (exact) mass is 232 g/mol. The maximum Gasteiger partial charge on any atom is 0.318 e. The number of nitrogens with one attached hydrogen (secondary N) is 1. The first-order valence-electron chi connectivity index (χ1n) is 5.31. The molecule has 86 valence electrons. The Labute approximate surface area is 89.7 Å². The molecule has 2 aliphatic heterocycles. The lowest BCUT2D eigenvalue weighted by atomic mass is 10.2. The first kappa shape index (κ1) is 10.7. The van der Waals surface area contributed by atoms with E-state index in [4.69, 9.17) is 0 Å². The Bertz CT molecular complexity index is 366. The number of urea groups is 1. The third-order valence-corrected chi connectivity index (χ3v) is 4.76. The van der Waals surface area contributed by atoms with Crippen molar-refractivity contribution >= 4 is 15.9 Å². The summed E-state index contributed by atoms with van der Waals surface area (Å²) in [6.07, 6.45) is 1.94. The Morgan fingerprint density at radius 2 is 2.20 bits per heavy atom. The second-order valence-electron chi connectivity index (χ2n) is 4.25. The van der Waals surface area contributed by atoms with Crippen LogP contribution in [-0.2, 0) is 9.84 Å². The summed E-state index contributed by atoms with van der Waals surface area (Å²) >= 11 is 0. The smallest absolute Gasteiger partial charge is 0.318 e. The topological polar surface area (TPSA) is 66.5 Å². The van der Waals surface area contributed by atoms with E-state index in [0.29, 0.717) is 6.54 Å². The Hall–Kier alpha value is -0.780. The van der Waals surface area contributed by atoms with Crippen LogP contribution in [0.15, 0.2) is 0 Å². The molecule has 0 radical (unpaired) electrons. The molecule has 0 aliphatic carbocycles. The fourth-order valence-electron chi connectivity index (χ4n) is 2.26. The van der Waals surface area contributed by atoms with Gasteiger partial charge < -0.3 is 10.2 Å². The van der Waals surface area contributed by atoms with Crippen LogP contribution in [0.25, 0.3) is 0 Å². The highest BCUT2D eigenvalue weighted by molar-refractivity contribution is 7.91. The normalized spacial score (nSPS) is 32.9. The van der Waals surface area contributed by atoms with Crippen LogP contribution in [0.1, 0.15) is 19.8 Å². The lowest BCUT2D eigenvalue weighted by molar-refractivity contribution is 0.206. The number of hydrogen-bond donors (Lipinski definition) is 1. The maximum atomic E-state index is 11.5. The Morgan fingerprint density at radius 3 is 2.87 bits per heavy atom. The summed E-state index contributed by atoms with van der Waals surface area (Å²) in [5, 5.41) is 2.74. The third kappa shape index (κ3) is 1.95. The summed E-state index contributed by atoms with van der Waals surface area (Å²) in [7, 11) is -2.94. The Kier molecular flexibility index (Phi) is 2.62. The highest BCUT2D eigenvalue weighted by Gasteiger charge is 2.48. The SMILES string of the molecule is CCCCN1C(=O)NC2CS(=O)(=O)CC21. The van der Waals surface area contributed by atoms with E-state index in [0.717, 1.165) is 12.8 Å². The van der Waals surface area contributed by atoms with Crippen LogP contribution in [0.4, 0.5) is 4.79 Å². The number of carbonyl (C=O) groups is 1. The molecule has 0 aromatic rings. The molecule has 0 aromatic carbocycles. The molecule has 2 unspecified atom stereocenters. The molecule has 15 heavy (non-hydrogen) atoms. The summed E-state index contributed by atoms with van der Waals surface area (Å²) in [6, 6.07) is -0.415. The van der Waals surface area contributed by atoms with Gasteiger partial charge in [-0.25, -0.2) is 13.2 Å². The molecule has 0 aromatic heterocycles. The minimum atomic E-state index is -2.94. The molecule has 2 amide bonds. The molecule has 0 bridgehead atoms. The van der Waals surface area contributed by atoms with Gasteiger partial charge >= 0.3 is 6.03 Å². The van der Waals surface area contributed by atoms with Crippen molar-refractivity contribution in [3.05, 3.63) is 0 Å². The molecule has 2 saturated heterocycles. The highest BCUT2D eigenvalue weighted by atomic mass is 32.2. The summed E-state index contributed by atoms with van der Waals surface area (Å²) < 4.78 is 22.8. The number of fused-ring (bicyclic) bond motifs is 1. The van der Waals surface area contributed by atoms with E-state index in [-0.39, 0.29) is 29.6 Å². The second-order valence-corrected chi connectivity index (χ2v) is 6.40. The predicted molar refractivity (Wildman–Crippen MR) is 56.4 cm³/mol. The van der Waals surface area contributed by atoms with Crippen molar-refractivity contribution in [1.29, 1.82) is 0 Å². The van der Waals surface area contributed by atoms with E-state index >= 15 is 0 Å². The van der Waals surface area contributed by atoms with E-state index in [1.807, 2.05) is 0 Å². The van der Waals surface area contributed by atoms with Crippen LogP contribution < -0.4 is 5.32 Å². The van der Waals surface area contributed by atoms with Crippen molar-refractivity contribution in [1.82, 2.24) is 10.2 Å². The minimum Gasteiger partial charge on any atom is -0.332 e. The summed E-state index contributed by atoms with van der Waals surface area (Å²) in [5.74, 6) is 0.228. The van der Waals surface area contributed by atoms with E-state index in [9.17, 15) is 13.2 Å². The Balaban J connectivity index is 2.09. The zero-order valence-corrected chi connectivity index (χ0v) is 9.59. The number of rotatable bonds is 3. The molecule has 0 saturated carbocycles. The number of unbranched alkanes of at least 4 members (excludes halogenated alkanes) is 1. The molecule has 1 N–H and O–H groups in total. The van der Waals surface area contributed by atoms with Crippen molar-refractivity contribution in [2.24, 2.45) is 0 Å². The van der Waals surface area contributed by atoms with E-state index in [1.165, 1.54) is 0 Å². The molecule has 2 rings (SSSR count). The number of carbonyl (C=O) groups excluding carboxylic acids is 1. The summed E-state index contributed by atoms with van der Waals surface area (Å²) in [4.78, 5) is 13.2. The molecule has 2 aliphatic rings. The fraction of sp³-hybridized carbons (Fsp3) is 0.889. The van der Waals surface area contributed by atoms with Crippen LogP contribution >= 0.6 is 0 Å². The lowest BCUT2D eigenvalue weighted by Crippen LogP contribution is -2.37. The van der Waals surface area contributed by atoms with Gasteiger partial charge in [0.2, 0.25) is 0 Å². The van der Waals surface area contributed by atoms with Gasteiger partial charge in [0.05, 0.1) is 23.6 Å². The van der Waals surface area contributed by atoms with Crippen LogP contribution in [0.3, 0.4) is 0 Å². The van der Waals surface area contributed by atoms with Crippen LogP contribution in [-0.4, -0.2) is 49.5 Å². The van der Waals surface area contributed by atoms with Crippen LogP contribution in [0.2, 0.25) is 0 Å². The molecule has 2 fully saturated rings. The zero-order valence-electron chi connectivity index (χ0n) is 8.77. The quantitative estimate of drug-likeness (QED) is 0.695. The summed E-state index contributed by atoms with van der Waals surface area (Å²) in [6.45, 7) is 2.72. The second kappa shape index (κ2) is 3.66. The molecular formula is C9H16N2O3S. The van der Waals surface area contributed by atoms with Gasteiger partial charge in [-0.05, 0) is 6.42 Å². The zero-order chi connectivity index (χ0) is 11.1. The molecule has 6 heteroatoms. The third-order valence-electron chi connectivity index (χ3n) is 3.05. The molecule has 2 atom stereocenters. The molecule has 5 nitrogen and oxygen atoms in total. The van der Waals surface area contributed by atoms with Gasteiger partial charge in [-0.2, -0.15) is 0 Å². The van der Waals surface area contributed by atoms with E-state index < -0.39 is 9.84 Å². The van der Waals surface area contributed by atoms with E-state index in [1.54, 1.807) is 4.90 Å². The van der Waals surface area contributed by atoms with Crippen molar-refractivity contribution in [2.45, 2.75) is 31.8 Å². The first-order chi connectivity index (χ1) is 7.03. The fourth-order valence-corrected chi connectivity index (χ4v) is 4.18. The van der Waals surface area contributed by atoms with Crippen LogP contribution in [0, 0.1) is 0 Å². The van der Waals surface area contributed by atoms with Crippen molar-refractivity contribution in [3.8, 4) is 0 Å². The Morgan fingerprint density at radius 1 is 1.47 bits per heavy atom. The van der Waals surface area contributed by atoms with Crippen molar-refractivity contribution in [2.75, 3.05) is 18.1 Å². The van der Waals surface area contributed by atoms with Gasteiger partial charge in [0, 0.05) is 6.54 Å². The maximum absolute atomic E-state index is 11.5. The molecule has 0 spiro atoms. The van der Waals surface area contributed by atoms with Gasteiger partial charge in [0.15, 0.2) is 9.84 Å². The van der Waals surface area contributed by atoms with Gasteiger partial charge in [0.1, 0.15) is 0 Å². The van der Waals surface area contributed by atoms with E-state index in [2.05, 4.69) is 12.2 Å². The summed E-state index contributed by atoms with van der Waals surface area (Å²) in [5.41, 5.74) is 0. The standard InChI is InChI=1S/C9H16N2O3S/c1-2-3-4-11-8-6-15(13,14)5-7(8)10-9(11)12/h7-8H,2-6H2,1H3,(H,10,12). The number of sulfone groups is 1. The number of amides is 2. The van der Waals surface area contributed by atoms with Gasteiger partial charge in [-0.15, -0.1) is 0 Å². The predicted octanol–water partition coefficient (Wildman–Crippen LogP) is -0.0227. The minimum absolute atomic E-state index is 0.103. The van der Waals surface area contributed by atoms with Crippen molar-refractivity contribution < 1.29 is 13.2 Å². The van der Waals surface area contributed by atoms with Crippen molar-refractivity contribution in [3.63, 3.8) is 0 Å².